The summed E-state index contributed by atoms with van der Waals surface area (Å²) in [7, 11) is 0. The molecule has 0 aromatic rings. The van der Waals surface area contributed by atoms with Gasteiger partial charge in [0.2, 0.25) is 5.91 Å². The molecule has 0 atom stereocenters. The molecule has 0 aromatic heterocycles. The van der Waals surface area contributed by atoms with Crippen LogP contribution in [0, 0.1) is 7.43 Å². The van der Waals surface area contributed by atoms with Crippen molar-refractivity contribution < 1.29 is 4.79 Å². The molecule has 7 heavy (non-hydrogen) atoms. The van der Waals surface area contributed by atoms with Crippen molar-refractivity contribution in [2.24, 2.45) is 5.73 Å². The van der Waals surface area contributed by atoms with Crippen LogP contribution in [0.5, 0.6) is 0 Å². The summed E-state index contributed by atoms with van der Waals surface area (Å²) >= 11 is 0. The summed E-state index contributed by atoms with van der Waals surface area (Å²) in [6.45, 7) is 4.85. The molecule has 1 amide bonds. The molecule has 2 N–H and O–H groups in total. The highest BCUT2D eigenvalue weighted by Gasteiger charge is 1.86. The number of nitrogens with two attached hydrogens (primary N) is 1. The van der Waals surface area contributed by atoms with Crippen molar-refractivity contribution in [1.29, 1.82) is 0 Å². The van der Waals surface area contributed by atoms with E-state index in [-0.39, 0.29) is 7.43 Å². The second kappa shape index (κ2) is 3.40. The van der Waals surface area contributed by atoms with E-state index in [4.69, 9.17) is 5.73 Å². The third-order valence-electron chi connectivity index (χ3n) is 0.421. The molecule has 0 fully saturated rings. The summed E-state index contributed by atoms with van der Waals surface area (Å²) in [5, 5.41) is 0. The van der Waals surface area contributed by atoms with Crippen LogP contribution in [0.3, 0.4) is 0 Å². The second-order valence-corrected chi connectivity index (χ2v) is 1.14. The van der Waals surface area contributed by atoms with Gasteiger partial charge in [-0.15, -0.1) is 0 Å². The van der Waals surface area contributed by atoms with Crippen molar-refractivity contribution in [2.75, 3.05) is 0 Å². The first-order valence-corrected chi connectivity index (χ1v) is 1.60. The van der Waals surface area contributed by atoms with E-state index in [9.17, 15) is 4.79 Å². The van der Waals surface area contributed by atoms with Gasteiger partial charge >= 0.3 is 0 Å². The van der Waals surface area contributed by atoms with Gasteiger partial charge in [-0.3, -0.25) is 4.79 Å². The van der Waals surface area contributed by atoms with E-state index in [1.54, 1.807) is 6.92 Å². The Kier molecular flexibility index (Phi) is 4.62. The number of amides is 1. The van der Waals surface area contributed by atoms with Gasteiger partial charge in [-0.1, -0.05) is 14.0 Å². The molecule has 0 rings (SSSR count). The van der Waals surface area contributed by atoms with Crippen LogP contribution in [0.25, 0.3) is 0 Å². The normalized spacial score (nSPS) is 6.43. The van der Waals surface area contributed by atoms with Gasteiger partial charge in [0.25, 0.3) is 0 Å². The summed E-state index contributed by atoms with van der Waals surface area (Å²) in [4.78, 5) is 9.82. The molecule has 0 saturated carbocycles. The van der Waals surface area contributed by atoms with Crippen molar-refractivity contribution in [1.82, 2.24) is 0 Å². The monoisotopic (exact) mass is 100 g/mol. The van der Waals surface area contributed by atoms with Crippen molar-refractivity contribution in [3.05, 3.63) is 19.6 Å². The molecule has 0 aliphatic carbocycles. The average molecular weight is 100 g/mol. The number of hydrogen-bond donors (Lipinski definition) is 1. The first kappa shape index (κ1) is 9.51. The Balaban J connectivity index is 0. The lowest BCUT2D eigenvalue weighted by atomic mass is 10.3. The minimum absolute atomic E-state index is 0. The van der Waals surface area contributed by atoms with Gasteiger partial charge in [-0.25, -0.2) is 0 Å². The Hall–Kier alpha value is -0.790. The maximum Gasteiger partial charge on any atom is 0.243 e. The lowest BCUT2D eigenvalue weighted by molar-refractivity contribution is -0.114. The number of primary amides is 1. The maximum absolute atomic E-state index is 9.82. The Morgan fingerprint density at radius 1 is 1.71 bits per heavy atom. The number of rotatable bonds is 1. The van der Waals surface area contributed by atoms with Gasteiger partial charge in [0.15, 0.2) is 0 Å². The largest absolute Gasteiger partial charge is 0.366 e. The molecule has 0 spiro atoms. The molecule has 41 valence electrons. The Morgan fingerprint density at radius 2 is 1.86 bits per heavy atom. The van der Waals surface area contributed by atoms with Crippen LogP contribution >= 0.6 is 0 Å². The van der Waals surface area contributed by atoms with Crippen LogP contribution in [0.4, 0.5) is 0 Å². The predicted octanol–water partition coefficient (Wildman–Crippen LogP) is 0.498. The third kappa shape index (κ3) is 5.21. The molecule has 0 bridgehead atoms. The zero-order valence-corrected chi connectivity index (χ0v) is 4.69. The van der Waals surface area contributed by atoms with Gasteiger partial charge in [-0.05, 0) is 6.92 Å². The standard InChI is InChI=1S/C4H7NO.CH3/c1-3(2)4(5)6;/h1H2,2H3,(H2,5,6);1H3. The quantitative estimate of drug-likeness (QED) is 0.479. The van der Waals surface area contributed by atoms with Crippen LogP contribution in [0.15, 0.2) is 12.2 Å². The fourth-order valence-electron chi connectivity index (χ4n) is 0. The molecule has 0 aliphatic rings. The zero-order valence-electron chi connectivity index (χ0n) is 4.69. The van der Waals surface area contributed by atoms with Crippen LogP contribution in [-0.4, -0.2) is 5.91 Å². The highest BCUT2D eigenvalue weighted by atomic mass is 16.1. The zero-order chi connectivity index (χ0) is 5.15. The van der Waals surface area contributed by atoms with E-state index in [1.807, 2.05) is 0 Å². The fraction of sp³-hybridized carbons (Fsp3) is 0.200. The topological polar surface area (TPSA) is 43.1 Å². The van der Waals surface area contributed by atoms with Gasteiger partial charge in [-0.2, -0.15) is 0 Å². The minimum atomic E-state index is -0.435. The summed E-state index contributed by atoms with van der Waals surface area (Å²) in [6.07, 6.45) is 0. The van der Waals surface area contributed by atoms with Crippen LogP contribution in [0.1, 0.15) is 6.92 Å². The van der Waals surface area contributed by atoms with Crippen molar-refractivity contribution >= 4 is 5.91 Å². The molecule has 0 aliphatic heterocycles. The van der Waals surface area contributed by atoms with Gasteiger partial charge in [0.05, 0.1) is 0 Å². The lowest BCUT2D eigenvalue weighted by Crippen LogP contribution is -2.10. The van der Waals surface area contributed by atoms with Crippen molar-refractivity contribution in [3.8, 4) is 0 Å². The summed E-state index contributed by atoms with van der Waals surface area (Å²) in [6, 6.07) is 0. The fourth-order valence-corrected chi connectivity index (χ4v) is 0. The second-order valence-electron chi connectivity index (χ2n) is 1.14. The summed E-state index contributed by atoms with van der Waals surface area (Å²) in [5.41, 5.74) is 5.09. The van der Waals surface area contributed by atoms with Crippen LogP contribution in [0.2, 0.25) is 0 Å². The Bertz CT molecular complexity index is 74.1. The third-order valence-corrected chi connectivity index (χ3v) is 0.421. The molecular formula is C5H10NO. The average Bonchev–Trinajstić information content (AvgIpc) is 1.36. The van der Waals surface area contributed by atoms with E-state index < -0.39 is 5.91 Å². The van der Waals surface area contributed by atoms with E-state index in [0.29, 0.717) is 5.57 Å². The molecule has 0 unspecified atom stereocenters. The molecule has 2 nitrogen and oxygen atoms in total. The Morgan fingerprint density at radius 3 is 1.86 bits per heavy atom. The SMILES string of the molecule is C=C(C)C(N)=O.[CH3]. The molecule has 1 radical (unpaired) electrons. The maximum atomic E-state index is 9.82. The van der Waals surface area contributed by atoms with Gasteiger partial charge < -0.3 is 5.73 Å². The van der Waals surface area contributed by atoms with Crippen LogP contribution in [-0.2, 0) is 4.79 Å². The van der Waals surface area contributed by atoms with Crippen molar-refractivity contribution in [3.63, 3.8) is 0 Å². The Labute approximate surface area is 44.0 Å². The van der Waals surface area contributed by atoms with E-state index in [2.05, 4.69) is 6.58 Å². The predicted molar refractivity (Wildman–Crippen MR) is 30.4 cm³/mol. The highest BCUT2D eigenvalue weighted by molar-refractivity contribution is 5.90. The summed E-state index contributed by atoms with van der Waals surface area (Å²) in [5.74, 6) is -0.435. The lowest BCUT2D eigenvalue weighted by Gasteiger charge is -1.81. The number of carbonyl (C=O) groups is 1. The highest BCUT2D eigenvalue weighted by Crippen LogP contribution is 1.78. The molecular weight excluding hydrogens is 90.1 g/mol. The van der Waals surface area contributed by atoms with E-state index >= 15 is 0 Å². The molecule has 0 heterocycles. The first-order chi connectivity index (χ1) is 2.64. The number of carbonyl (C=O) groups excluding carboxylic acids is 1. The van der Waals surface area contributed by atoms with E-state index in [0.717, 1.165) is 0 Å². The minimum Gasteiger partial charge on any atom is -0.366 e. The van der Waals surface area contributed by atoms with Gasteiger partial charge in [0, 0.05) is 5.57 Å². The smallest absolute Gasteiger partial charge is 0.243 e. The van der Waals surface area contributed by atoms with Gasteiger partial charge in [0.1, 0.15) is 0 Å². The first-order valence-electron chi connectivity index (χ1n) is 1.60. The van der Waals surface area contributed by atoms with Crippen LogP contribution < -0.4 is 5.73 Å². The van der Waals surface area contributed by atoms with Crippen molar-refractivity contribution in [2.45, 2.75) is 6.92 Å². The van der Waals surface area contributed by atoms with E-state index in [1.165, 1.54) is 0 Å². The molecule has 2 heteroatoms. The summed E-state index contributed by atoms with van der Waals surface area (Å²) < 4.78 is 0. The molecule has 0 aromatic carbocycles. The molecule has 0 saturated heterocycles. The number of hydrogen-bond acceptors (Lipinski definition) is 1.